The van der Waals surface area contributed by atoms with Crippen LogP contribution in [0.5, 0.6) is 0 Å². The summed E-state index contributed by atoms with van der Waals surface area (Å²) in [5.41, 5.74) is 3.49. The molecule has 0 amide bonds. The monoisotopic (exact) mass is 327 g/mol. The molecular formula is C22H14ClN. The fourth-order valence-corrected chi connectivity index (χ4v) is 3.73. The van der Waals surface area contributed by atoms with E-state index in [2.05, 4.69) is 71.3 Å². The van der Waals surface area contributed by atoms with E-state index in [4.69, 9.17) is 11.6 Å². The van der Waals surface area contributed by atoms with Gasteiger partial charge in [-0.1, -0.05) is 60.1 Å². The molecule has 0 fully saturated rings. The topological polar surface area (TPSA) is 4.93 Å². The average Bonchev–Trinajstić information content (AvgIpc) is 2.93. The number of rotatable bonds is 1. The van der Waals surface area contributed by atoms with Gasteiger partial charge in [0.05, 0.1) is 11.0 Å². The van der Waals surface area contributed by atoms with Gasteiger partial charge in [-0.15, -0.1) is 0 Å². The minimum atomic E-state index is 0.749. The smallest absolute Gasteiger partial charge is 0.0547 e. The van der Waals surface area contributed by atoms with Gasteiger partial charge in [-0.3, -0.25) is 0 Å². The lowest BCUT2D eigenvalue weighted by molar-refractivity contribution is 1.18. The predicted octanol–water partition coefficient (Wildman–Crippen LogP) is 6.59. The van der Waals surface area contributed by atoms with Gasteiger partial charge < -0.3 is 4.57 Å². The summed E-state index contributed by atoms with van der Waals surface area (Å²) >= 11 is 6.25. The van der Waals surface area contributed by atoms with Crippen LogP contribution in [0.25, 0.3) is 38.3 Å². The number of benzene rings is 4. The molecule has 4 aromatic carbocycles. The van der Waals surface area contributed by atoms with Crippen molar-refractivity contribution in [3.63, 3.8) is 0 Å². The minimum absolute atomic E-state index is 0.749. The molecule has 5 aromatic rings. The van der Waals surface area contributed by atoms with Crippen LogP contribution in [-0.4, -0.2) is 4.57 Å². The van der Waals surface area contributed by atoms with Gasteiger partial charge in [0.25, 0.3) is 0 Å². The molecule has 0 saturated heterocycles. The van der Waals surface area contributed by atoms with Crippen molar-refractivity contribution in [1.82, 2.24) is 4.57 Å². The maximum absolute atomic E-state index is 6.25. The molecule has 0 aliphatic carbocycles. The molecule has 0 saturated carbocycles. The first-order valence-corrected chi connectivity index (χ1v) is 8.37. The summed E-state index contributed by atoms with van der Waals surface area (Å²) in [4.78, 5) is 0. The fraction of sp³-hybridized carbons (Fsp3) is 0. The normalized spacial score (nSPS) is 11.5. The van der Waals surface area contributed by atoms with Crippen LogP contribution in [-0.2, 0) is 0 Å². The molecule has 0 radical (unpaired) electrons. The van der Waals surface area contributed by atoms with Gasteiger partial charge in [0.1, 0.15) is 0 Å². The molecule has 1 nitrogen and oxygen atoms in total. The number of fused-ring (bicyclic) bond motifs is 4. The van der Waals surface area contributed by atoms with E-state index in [0.29, 0.717) is 0 Å². The van der Waals surface area contributed by atoms with Crippen molar-refractivity contribution < 1.29 is 0 Å². The first-order chi connectivity index (χ1) is 11.8. The molecule has 2 heteroatoms. The van der Waals surface area contributed by atoms with Crippen LogP contribution in [0.2, 0.25) is 5.02 Å². The highest BCUT2D eigenvalue weighted by Crippen LogP contribution is 2.35. The van der Waals surface area contributed by atoms with Crippen molar-refractivity contribution in [2.45, 2.75) is 0 Å². The first kappa shape index (κ1) is 13.6. The van der Waals surface area contributed by atoms with E-state index in [1.165, 1.54) is 32.6 Å². The average molecular weight is 328 g/mol. The molecule has 0 unspecified atom stereocenters. The molecule has 114 valence electrons. The van der Waals surface area contributed by atoms with Crippen LogP contribution in [0.3, 0.4) is 0 Å². The van der Waals surface area contributed by atoms with E-state index in [0.717, 1.165) is 10.7 Å². The number of aromatic nitrogens is 1. The minimum Gasteiger partial charge on any atom is -0.309 e. The summed E-state index contributed by atoms with van der Waals surface area (Å²) in [6.45, 7) is 0. The highest BCUT2D eigenvalue weighted by molar-refractivity contribution is 6.30. The van der Waals surface area contributed by atoms with Crippen LogP contribution < -0.4 is 0 Å². The second-order valence-electron chi connectivity index (χ2n) is 6.05. The Hall–Kier alpha value is -2.77. The van der Waals surface area contributed by atoms with Gasteiger partial charge in [-0.05, 0) is 47.2 Å². The van der Waals surface area contributed by atoms with Crippen molar-refractivity contribution in [3.05, 3.63) is 90.0 Å². The fourth-order valence-electron chi connectivity index (χ4n) is 3.55. The molecule has 1 aromatic heterocycles. The Bertz CT molecular complexity index is 1220. The standard InChI is InChI=1S/C22H14ClN/c23-17-8-5-9-18(14-17)24-21-11-4-3-10-19(21)20-12-15-6-1-2-7-16(15)13-22(20)24/h1-14H. The molecule has 0 aliphatic heterocycles. The summed E-state index contributed by atoms with van der Waals surface area (Å²) in [6.07, 6.45) is 0. The number of para-hydroxylation sites is 1. The van der Waals surface area contributed by atoms with E-state index >= 15 is 0 Å². The molecule has 0 atom stereocenters. The molecule has 1 heterocycles. The summed E-state index contributed by atoms with van der Waals surface area (Å²) in [6, 6.07) is 29.6. The Kier molecular flexibility index (Phi) is 2.91. The Balaban J connectivity index is 2.01. The SMILES string of the molecule is Clc1cccc(-n2c3ccccc3c3cc4ccccc4cc32)c1. The van der Waals surface area contributed by atoms with Crippen molar-refractivity contribution >= 4 is 44.2 Å². The number of hydrogen-bond acceptors (Lipinski definition) is 0. The van der Waals surface area contributed by atoms with Crippen molar-refractivity contribution in [2.24, 2.45) is 0 Å². The maximum atomic E-state index is 6.25. The summed E-state index contributed by atoms with van der Waals surface area (Å²) in [7, 11) is 0. The number of halogens is 1. The van der Waals surface area contributed by atoms with E-state index in [1.54, 1.807) is 0 Å². The summed E-state index contributed by atoms with van der Waals surface area (Å²) < 4.78 is 2.29. The quantitative estimate of drug-likeness (QED) is 0.327. The Morgan fingerprint density at radius 1 is 0.583 bits per heavy atom. The van der Waals surface area contributed by atoms with Gasteiger partial charge in [0, 0.05) is 21.5 Å². The molecule has 0 N–H and O–H groups in total. The van der Waals surface area contributed by atoms with Gasteiger partial charge in [0.15, 0.2) is 0 Å². The van der Waals surface area contributed by atoms with Crippen LogP contribution in [0, 0.1) is 0 Å². The van der Waals surface area contributed by atoms with Crippen LogP contribution in [0.15, 0.2) is 84.9 Å². The Morgan fingerprint density at radius 3 is 2.17 bits per heavy atom. The highest BCUT2D eigenvalue weighted by Gasteiger charge is 2.12. The maximum Gasteiger partial charge on any atom is 0.0547 e. The lowest BCUT2D eigenvalue weighted by Gasteiger charge is -2.08. The van der Waals surface area contributed by atoms with Crippen molar-refractivity contribution in [1.29, 1.82) is 0 Å². The largest absolute Gasteiger partial charge is 0.309 e. The van der Waals surface area contributed by atoms with Crippen molar-refractivity contribution in [2.75, 3.05) is 0 Å². The summed E-state index contributed by atoms with van der Waals surface area (Å²) in [5, 5.41) is 5.79. The zero-order valence-electron chi connectivity index (χ0n) is 12.9. The third-order valence-corrected chi connectivity index (χ3v) is 4.84. The number of hydrogen-bond donors (Lipinski definition) is 0. The first-order valence-electron chi connectivity index (χ1n) is 7.99. The predicted molar refractivity (Wildman–Crippen MR) is 103 cm³/mol. The zero-order valence-corrected chi connectivity index (χ0v) is 13.7. The summed E-state index contributed by atoms with van der Waals surface area (Å²) in [5.74, 6) is 0. The lowest BCUT2D eigenvalue weighted by atomic mass is 10.1. The highest BCUT2D eigenvalue weighted by atomic mass is 35.5. The van der Waals surface area contributed by atoms with Gasteiger partial charge >= 0.3 is 0 Å². The molecule has 24 heavy (non-hydrogen) atoms. The number of nitrogens with zero attached hydrogens (tertiary/aromatic N) is 1. The lowest BCUT2D eigenvalue weighted by Crippen LogP contribution is -1.93. The van der Waals surface area contributed by atoms with Gasteiger partial charge in [-0.25, -0.2) is 0 Å². The van der Waals surface area contributed by atoms with E-state index in [-0.39, 0.29) is 0 Å². The van der Waals surface area contributed by atoms with Crippen LogP contribution >= 0.6 is 11.6 Å². The van der Waals surface area contributed by atoms with Gasteiger partial charge in [0.2, 0.25) is 0 Å². The Morgan fingerprint density at radius 2 is 1.33 bits per heavy atom. The van der Waals surface area contributed by atoms with Gasteiger partial charge in [-0.2, -0.15) is 0 Å². The second-order valence-corrected chi connectivity index (χ2v) is 6.49. The molecule has 5 rings (SSSR count). The molecule has 0 aliphatic rings. The molecular weight excluding hydrogens is 314 g/mol. The van der Waals surface area contributed by atoms with Crippen molar-refractivity contribution in [3.8, 4) is 5.69 Å². The van der Waals surface area contributed by atoms with Crippen LogP contribution in [0.1, 0.15) is 0 Å². The Labute approximate surface area is 144 Å². The van der Waals surface area contributed by atoms with E-state index < -0.39 is 0 Å². The third kappa shape index (κ3) is 1.95. The molecule has 0 bridgehead atoms. The zero-order chi connectivity index (χ0) is 16.1. The molecule has 0 spiro atoms. The third-order valence-electron chi connectivity index (χ3n) is 4.61. The van der Waals surface area contributed by atoms with E-state index in [9.17, 15) is 0 Å². The van der Waals surface area contributed by atoms with Crippen LogP contribution in [0.4, 0.5) is 0 Å². The van der Waals surface area contributed by atoms with E-state index in [1.807, 2.05) is 18.2 Å². The second kappa shape index (κ2) is 5.12.